The predicted molar refractivity (Wildman–Crippen MR) is 86.5 cm³/mol. The summed E-state index contributed by atoms with van der Waals surface area (Å²) in [6.45, 7) is 13.1. The van der Waals surface area contributed by atoms with Crippen LogP contribution < -0.4 is 5.32 Å². The lowest BCUT2D eigenvalue weighted by Crippen LogP contribution is -2.41. The van der Waals surface area contributed by atoms with Crippen LogP contribution >= 0.6 is 11.3 Å². The van der Waals surface area contributed by atoms with Crippen LogP contribution in [0.15, 0.2) is 5.38 Å². The summed E-state index contributed by atoms with van der Waals surface area (Å²) in [5.74, 6) is 0.816. The highest BCUT2D eigenvalue weighted by molar-refractivity contribution is 7.10. The van der Waals surface area contributed by atoms with E-state index in [1.54, 1.807) is 11.3 Å². The minimum Gasteiger partial charge on any atom is -0.347 e. The fourth-order valence-electron chi connectivity index (χ4n) is 2.85. The van der Waals surface area contributed by atoms with Gasteiger partial charge in [-0.3, -0.25) is 4.79 Å². The summed E-state index contributed by atoms with van der Waals surface area (Å²) in [5.41, 5.74) is 2.40. The van der Waals surface area contributed by atoms with E-state index in [1.807, 2.05) is 20.8 Å². The summed E-state index contributed by atoms with van der Waals surface area (Å²) < 4.78 is 0. The maximum Gasteiger partial charge on any atom is 0.252 e. The Morgan fingerprint density at radius 2 is 1.90 bits per heavy atom. The quantitative estimate of drug-likeness (QED) is 0.815. The average Bonchev–Trinajstić information content (AvgIpc) is 2.67. The van der Waals surface area contributed by atoms with Crippen molar-refractivity contribution in [2.75, 3.05) is 0 Å². The first-order valence-corrected chi connectivity index (χ1v) is 8.37. The van der Waals surface area contributed by atoms with E-state index in [1.165, 1.54) is 16.9 Å². The number of carbonyl (C=O) groups is 1. The molecule has 1 unspecified atom stereocenters. The van der Waals surface area contributed by atoms with Crippen LogP contribution in [-0.4, -0.2) is 11.4 Å². The SMILES string of the molecule is CC(C)(C)NC(=O)c1csc2c1CCC(C(C)(C)C)C2. The Morgan fingerprint density at radius 1 is 1.25 bits per heavy atom. The molecule has 0 aliphatic heterocycles. The third-order valence-corrected chi connectivity index (χ3v) is 5.16. The molecule has 1 amide bonds. The second kappa shape index (κ2) is 5.18. The lowest BCUT2D eigenvalue weighted by atomic mass is 9.72. The summed E-state index contributed by atoms with van der Waals surface area (Å²) >= 11 is 1.77. The van der Waals surface area contributed by atoms with E-state index in [2.05, 4.69) is 31.5 Å². The second-order valence-corrected chi connectivity index (χ2v) is 9.03. The molecule has 1 aromatic heterocycles. The maximum absolute atomic E-state index is 12.4. The van der Waals surface area contributed by atoms with Crippen molar-refractivity contribution in [3.8, 4) is 0 Å². The molecule has 1 aliphatic rings. The Labute approximate surface area is 127 Å². The highest BCUT2D eigenvalue weighted by Gasteiger charge is 2.32. The predicted octanol–water partition coefficient (Wildman–Crippen LogP) is 4.43. The molecular weight excluding hydrogens is 266 g/mol. The largest absolute Gasteiger partial charge is 0.347 e. The number of rotatable bonds is 1. The Hall–Kier alpha value is -0.830. The van der Waals surface area contributed by atoms with Crippen molar-refractivity contribution in [3.05, 3.63) is 21.4 Å². The first kappa shape index (κ1) is 15.6. The van der Waals surface area contributed by atoms with Crippen molar-refractivity contribution >= 4 is 17.2 Å². The lowest BCUT2D eigenvalue weighted by Gasteiger charge is -2.34. The molecule has 0 radical (unpaired) electrons. The zero-order chi connectivity index (χ0) is 15.1. The van der Waals surface area contributed by atoms with Crippen molar-refractivity contribution in [2.24, 2.45) is 11.3 Å². The molecule has 0 spiro atoms. The zero-order valence-corrected chi connectivity index (χ0v) is 14.4. The first-order valence-electron chi connectivity index (χ1n) is 7.49. The molecule has 1 aliphatic carbocycles. The standard InChI is InChI=1S/C17H27NOS/c1-16(2,3)11-7-8-12-13(10-20-14(12)9-11)15(19)18-17(4,5)6/h10-11H,7-9H2,1-6H3,(H,18,19). The molecule has 2 rings (SSSR count). The van der Waals surface area contributed by atoms with Crippen molar-refractivity contribution in [1.29, 1.82) is 0 Å². The van der Waals surface area contributed by atoms with Crippen molar-refractivity contribution in [1.82, 2.24) is 5.32 Å². The highest BCUT2D eigenvalue weighted by Crippen LogP contribution is 2.40. The van der Waals surface area contributed by atoms with Crippen molar-refractivity contribution in [3.63, 3.8) is 0 Å². The second-order valence-electron chi connectivity index (χ2n) is 8.06. The first-order chi connectivity index (χ1) is 9.08. The zero-order valence-electron chi connectivity index (χ0n) is 13.6. The van der Waals surface area contributed by atoms with E-state index in [9.17, 15) is 4.79 Å². The van der Waals surface area contributed by atoms with E-state index in [-0.39, 0.29) is 11.4 Å². The molecule has 1 aromatic rings. The van der Waals surface area contributed by atoms with Gasteiger partial charge >= 0.3 is 0 Å². The van der Waals surface area contributed by atoms with Gasteiger partial charge in [0.1, 0.15) is 0 Å². The third-order valence-electron chi connectivity index (χ3n) is 4.11. The molecule has 1 N–H and O–H groups in total. The molecule has 112 valence electrons. The molecular formula is C17H27NOS. The smallest absolute Gasteiger partial charge is 0.252 e. The van der Waals surface area contributed by atoms with Crippen LogP contribution in [0.5, 0.6) is 0 Å². The van der Waals surface area contributed by atoms with Crippen LogP contribution in [0.25, 0.3) is 0 Å². The molecule has 20 heavy (non-hydrogen) atoms. The number of hydrogen-bond acceptors (Lipinski definition) is 2. The molecule has 0 saturated carbocycles. The van der Waals surface area contributed by atoms with Crippen LogP contribution in [-0.2, 0) is 12.8 Å². The third kappa shape index (κ3) is 3.43. The Kier molecular flexibility index (Phi) is 4.03. The van der Waals surface area contributed by atoms with Gasteiger partial charge in [0.15, 0.2) is 0 Å². The summed E-state index contributed by atoms with van der Waals surface area (Å²) in [6.07, 6.45) is 3.38. The molecule has 0 bridgehead atoms. The van der Waals surface area contributed by atoms with E-state index < -0.39 is 0 Å². The minimum atomic E-state index is -0.172. The molecule has 2 nitrogen and oxygen atoms in total. The Bertz CT molecular complexity index is 502. The van der Waals surface area contributed by atoms with E-state index in [0.29, 0.717) is 5.41 Å². The van der Waals surface area contributed by atoms with Gasteiger partial charge in [0.2, 0.25) is 0 Å². The van der Waals surface area contributed by atoms with Gasteiger partial charge in [0.25, 0.3) is 5.91 Å². The van der Waals surface area contributed by atoms with E-state index in [0.717, 1.165) is 24.3 Å². The molecule has 0 fully saturated rings. The number of nitrogens with one attached hydrogen (secondary N) is 1. The Morgan fingerprint density at radius 3 is 2.45 bits per heavy atom. The van der Waals surface area contributed by atoms with E-state index in [4.69, 9.17) is 0 Å². The summed E-state index contributed by atoms with van der Waals surface area (Å²) in [6, 6.07) is 0. The van der Waals surface area contributed by atoms with Crippen LogP contribution in [0.1, 0.15) is 68.8 Å². The molecule has 0 saturated heterocycles. The summed E-state index contributed by atoms with van der Waals surface area (Å²) in [7, 11) is 0. The van der Waals surface area contributed by atoms with Gasteiger partial charge in [-0.25, -0.2) is 0 Å². The molecule has 3 heteroatoms. The molecule has 1 atom stereocenters. The fraction of sp³-hybridized carbons (Fsp3) is 0.706. The minimum absolute atomic E-state index is 0.0872. The van der Waals surface area contributed by atoms with Crippen molar-refractivity contribution in [2.45, 2.75) is 66.3 Å². The van der Waals surface area contributed by atoms with Crippen molar-refractivity contribution < 1.29 is 4.79 Å². The van der Waals surface area contributed by atoms with Gasteiger partial charge in [0, 0.05) is 15.8 Å². The average molecular weight is 293 g/mol. The topological polar surface area (TPSA) is 29.1 Å². The van der Waals surface area contributed by atoms with Gasteiger partial charge < -0.3 is 5.32 Å². The van der Waals surface area contributed by atoms with Gasteiger partial charge in [-0.15, -0.1) is 11.3 Å². The summed E-state index contributed by atoms with van der Waals surface area (Å²) in [4.78, 5) is 13.8. The summed E-state index contributed by atoms with van der Waals surface area (Å²) in [5, 5.41) is 5.13. The van der Waals surface area contributed by atoms with Gasteiger partial charge in [0.05, 0.1) is 5.56 Å². The number of hydrogen-bond donors (Lipinski definition) is 1. The number of thiophene rings is 1. The van der Waals surface area contributed by atoms with Gasteiger partial charge in [-0.1, -0.05) is 20.8 Å². The normalized spacial score (nSPS) is 19.6. The molecule has 1 heterocycles. The number of amides is 1. The van der Waals surface area contributed by atoms with Crippen LogP contribution in [0, 0.1) is 11.3 Å². The lowest BCUT2D eigenvalue weighted by molar-refractivity contribution is 0.0918. The van der Waals surface area contributed by atoms with Crippen LogP contribution in [0.2, 0.25) is 0 Å². The number of fused-ring (bicyclic) bond motifs is 1. The molecule has 0 aromatic carbocycles. The number of carbonyl (C=O) groups excluding carboxylic acids is 1. The highest BCUT2D eigenvalue weighted by atomic mass is 32.1. The fourth-order valence-corrected chi connectivity index (χ4v) is 4.01. The monoisotopic (exact) mass is 293 g/mol. The van der Waals surface area contributed by atoms with E-state index >= 15 is 0 Å². The maximum atomic E-state index is 12.4. The van der Waals surface area contributed by atoms with Crippen LogP contribution in [0.4, 0.5) is 0 Å². The van der Waals surface area contributed by atoms with Gasteiger partial charge in [-0.05, 0) is 56.9 Å². The van der Waals surface area contributed by atoms with Gasteiger partial charge in [-0.2, -0.15) is 0 Å². The van der Waals surface area contributed by atoms with Crippen LogP contribution in [0.3, 0.4) is 0 Å². The Balaban J connectivity index is 2.18.